The van der Waals surface area contributed by atoms with Gasteiger partial charge in [-0.25, -0.2) is 0 Å². The van der Waals surface area contributed by atoms with Crippen molar-refractivity contribution in [2.24, 2.45) is 5.92 Å². The van der Waals surface area contributed by atoms with Gasteiger partial charge >= 0.3 is 0 Å². The molecule has 15 heavy (non-hydrogen) atoms. The number of ether oxygens (including phenoxy) is 1. The summed E-state index contributed by atoms with van der Waals surface area (Å²) in [6, 6.07) is 10.7. The Labute approximate surface area is 100.0 Å². The van der Waals surface area contributed by atoms with E-state index in [4.69, 9.17) is 4.74 Å². The SMILES string of the molecule is BrC(Cc1ccccc1)C1CCOCC1. The Hall–Kier alpha value is -0.340. The molecule has 0 bridgehead atoms. The van der Waals surface area contributed by atoms with E-state index in [0.29, 0.717) is 4.83 Å². The zero-order valence-corrected chi connectivity index (χ0v) is 10.4. The van der Waals surface area contributed by atoms with E-state index in [0.717, 1.165) is 25.6 Å². The van der Waals surface area contributed by atoms with Gasteiger partial charge in [-0.3, -0.25) is 0 Å². The molecule has 1 atom stereocenters. The van der Waals surface area contributed by atoms with E-state index in [1.54, 1.807) is 0 Å². The Morgan fingerprint density at radius 1 is 1.20 bits per heavy atom. The molecule has 0 spiro atoms. The van der Waals surface area contributed by atoms with Crippen LogP contribution >= 0.6 is 15.9 Å². The predicted molar refractivity (Wildman–Crippen MR) is 66.4 cm³/mol. The largest absolute Gasteiger partial charge is 0.381 e. The van der Waals surface area contributed by atoms with Crippen LogP contribution in [-0.4, -0.2) is 18.0 Å². The van der Waals surface area contributed by atoms with Crippen LogP contribution < -0.4 is 0 Å². The number of halogens is 1. The second-order valence-corrected chi connectivity index (χ2v) is 5.33. The Balaban J connectivity index is 1.88. The zero-order chi connectivity index (χ0) is 10.5. The van der Waals surface area contributed by atoms with Crippen molar-refractivity contribution in [1.82, 2.24) is 0 Å². The molecule has 1 aliphatic heterocycles. The van der Waals surface area contributed by atoms with Crippen LogP contribution in [-0.2, 0) is 11.2 Å². The van der Waals surface area contributed by atoms with Gasteiger partial charge < -0.3 is 4.74 Å². The molecule has 1 saturated heterocycles. The van der Waals surface area contributed by atoms with Crippen molar-refractivity contribution in [3.05, 3.63) is 35.9 Å². The third-order valence-corrected chi connectivity index (χ3v) is 4.12. The highest BCUT2D eigenvalue weighted by Gasteiger charge is 2.21. The molecule has 0 saturated carbocycles. The lowest BCUT2D eigenvalue weighted by atomic mass is 9.93. The van der Waals surface area contributed by atoms with Crippen molar-refractivity contribution in [2.75, 3.05) is 13.2 Å². The molecule has 1 aliphatic rings. The summed E-state index contributed by atoms with van der Waals surface area (Å²) in [5.41, 5.74) is 1.42. The molecule has 0 amide bonds. The normalized spacial score (nSPS) is 20.1. The first-order valence-electron chi connectivity index (χ1n) is 5.62. The number of rotatable bonds is 3. The van der Waals surface area contributed by atoms with E-state index >= 15 is 0 Å². The highest BCUT2D eigenvalue weighted by atomic mass is 79.9. The molecule has 1 unspecified atom stereocenters. The first kappa shape index (κ1) is 11.2. The quantitative estimate of drug-likeness (QED) is 0.764. The minimum atomic E-state index is 0.601. The zero-order valence-electron chi connectivity index (χ0n) is 8.86. The predicted octanol–water partition coefficient (Wildman–Crippen LogP) is 3.42. The van der Waals surface area contributed by atoms with Crippen molar-refractivity contribution in [3.63, 3.8) is 0 Å². The van der Waals surface area contributed by atoms with Crippen LogP contribution in [0.2, 0.25) is 0 Å². The molecule has 0 aliphatic carbocycles. The lowest BCUT2D eigenvalue weighted by Gasteiger charge is -2.26. The second-order valence-electron chi connectivity index (χ2n) is 4.16. The summed E-state index contributed by atoms with van der Waals surface area (Å²) in [6.07, 6.45) is 3.52. The Bertz CT molecular complexity index is 280. The molecule has 82 valence electrons. The first-order valence-corrected chi connectivity index (χ1v) is 6.53. The number of benzene rings is 1. The summed E-state index contributed by atoms with van der Waals surface area (Å²) >= 11 is 3.82. The molecule has 2 heteroatoms. The van der Waals surface area contributed by atoms with Gasteiger partial charge in [-0.15, -0.1) is 0 Å². The van der Waals surface area contributed by atoms with Crippen molar-refractivity contribution in [3.8, 4) is 0 Å². The van der Waals surface area contributed by atoms with Gasteiger partial charge in [-0.1, -0.05) is 46.3 Å². The van der Waals surface area contributed by atoms with E-state index in [1.807, 2.05) is 0 Å². The van der Waals surface area contributed by atoms with Crippen molar-refractivity contribution >= 4 is 15.9 Å². The minimum Gasteiger partial charge on any atom is -0.381 e. The molecule has 0 aromatic heterocycles. The molecular weight excluding hydrogens is 252 g/mol. The molecule has 1 heterocycles. The van der Waals surface area contributed by atoms with E-state index in [-0.39, 0.29) is 0 Å². The van der Waals surface area contributed by atoms with Crippen LogP contribution in [0.3, 0.4) is 0 Å². The van der Waals surface area contributed by atoms with E-state index < -0.39 is 0 Å². The maximum absolute atomic E-state index is 5.38. The maximum Gasteiger partial charge on any atom is 0.0469 e. The van der Waals surface area contributed by atoms with Crippen LogP contribution in [0.25, 0.3) is 0 Å². The molecule has 1 fully saturated rings. The third-order valence-electron chi connectivity index (χ3n) is 3.05. The van der Waals surface area contributed by atoms with E-state index in [1.165, 1.54) is 18.4 Å². The summed E-state index contributed by atoms with van der Waals surface area (Å²) in [4.78, 5) is 0.601. The van der Waals surface area contributed by atoms with Gasteiger partial charge in [0.1, 0.15) is 0 Å². The second kappa shape index (κ2) is 5.66. The molecular formula is C13H17BrO. The fourth-order valence-electron chi connectivity index (χ4n) is 2.08. The van der Waals surface area contributed by atoms with Crippen molar-refractivity contribution in [2.45, 2.75) is 24.1 Å². The van der Waals surface area contributed by atoms with Crippen LogP contribution in [0.5, 0.6) is 0 Å². The minimum absolute atomic E-state index is 0.601. The Morgan fingerprint density at radius 2 is 1.87 bits per heavy atom. The highest BCUT2D eigenvalue weighted by molar-refractivity contribution is 9.09. The Kier molecular flexibility index (Phi) is 4.21. The summed E-state index contributed by atoms with van der Waals surface area (Å²) < 4.78 is 5.38. The summed E-state index contributed by atoms with van der Waals surface area (Å²) in [7, 11) is 0. The monoisotopic (exact) mass is 268 g/mol. The van der Waals surface area contributed by atoms with Gasteiger partial charge in [-0.2, -0.15) is 0 Å². The average Bonchev–Trinajstić information content (AvgIpc) is 2.31. The van der Waals surface area contributed by atoms with Crippen LogP contribution in [0, 0.1) is 5.92 Å². The standard InChI is InChI=1S/C13H17BrO/c14-13(12-6-8-15-9-7-12)10-11-4-2-1-3-5-11/h1-5,12-13H,6-10H2. The van der Waals surface area contributed by atoms with Crippen LogP contribution in [0.1, 0.15) is 18.4 Å². The Morgan fingerprint density at radius 3 is 2.53 bits per heavy atom. The molecule has 0 N–H and O–H groups in total. The van der Waals surface area contributed by atoms with E-state index in [2.05, 4.69) is 46.3 Å². The molecule has 0 radical (unpaired) electrons. The van der Waals surface area contributed by atoms with Gasteiger partial charge in [0.05, 0.1) is 0 Å². The molecule has 1 nitrogen and oxygen atoms in total. The van der Waals surface area contributed by atoms with Gasteiger partial charge in [0, 0.05) is 18.0 Å². The molecule has 1 aromatic rings. The smallest absolute Gasteiger partial charge is 0.0469 e. The van der Waals surface area contributed by atoms with Gasteiger partial charge in [-0.05, 0) is 30.7 Å². The van der Waals surface area contributed by atoms with Gasteiger partial charge in [0.25, 0.3) is 0 Å². The maximum atomic E-state index is 5.38. The fraction of sp³-hybridized carbons (Fsp3) is 0.538. The summed E-state index contributed by atoms with van der Waals surface area (Å²) in [5.74, 6) is 0.777. The average molecular weight is 269 g/mol. The third kappa shape index (κ3) is 3.32. The highest BCUT2D eigenvalue weighted by Crippen LogP contribution is 2.26. The van der Waals surface area contributed by atoms with Crippen molar-refractivity contribution in [1.29, 1.82) is 0 Å². The number of alkyl halides is 1. The van der Waals surface area contributed by atoms with Gasteiger partial charge in [0.2, 0.25) is 0 Å². The lowest BCUT2D eigenvalue weighted by molar-refractivity contribution is 0.0662. The van der Waals surface area contributed by atoms with Crippen LogP contribution in [0.15, 0.2) is 30.3 Å². The summed E-state index contributed by atoms with van der Waals surface area (Å²) in [5, 5.41) is 0. The molecule has 1 aromatic carbocycles. The number of hydrogen-bond acceptors (Lipinski definition) is 1. The van der Waals surface area contributed by atoms with E-state index in [9.17, 15) is 0 Å². The van der Waals surface area contributed by atoms with Crippen LogP contribution in [0.4, 0.5) is 0 Å². The molecule has 2 rings (SSSR count). The van der Waals surface area contributed by atoms with Crippen molar-refractivity contribution < 1.29 is 4.74 Å². The fourth-order valence-corrected chi connectivity index (χ4v) is 2.99. The van der Waals surface area contributed by atoms with Gasteiger partial charge in [0.15, 0.2) is 0 Å². The lowest BCUT2D eigenvalue weighted by Crippen LogP contribution is -2.24. The topological polar surface area (TPSA) is 9.23 Å². The summed E-state index contributed by atoms with van der Waals surface area (Å²) in [6.45, 7) is 1.86. The number of hydrogen-bond donors (Lipinski definition) is 0. The first-order chi connectivity index (χ1) is 7.36.